The van der Waals surface area contributed by atoms with E-state index in [9.17, 15) is 14.5 Å². The lowest BCUT2D eigenvalue weighted by molar-refractivity contribution is -0.384. The van der Waals surface area contributed by atoms with Gasteiger partial charge in [0.15, 0.2) is 0 Å². The van der Waals surface area contributed by atoms with Crippen LogP contribution in [0.2, 0.25) is 0 Å². The molecule has 0 bridgehead atoms. The molecule has 0 unspecified atom stereocenters. The summed E-state index contributed by atoms with van der Waals surface area (Å²) in [5.41, 5.74) is -0.0691. The van der Waals surface area contributed by atoms with Crippen LogP contribution in [0.3, 0.4) is 0 Å². The zero-order valence-electron chi connectivity index (χ0n) is 10.9. The fraction of sp³-hybridized carbons (Fsp3) is 0.143. The van der Waals surface area contributed by atoms with Gasteiger partial charge in [-0.15, -0.1) is 0 Å². The smallest absolute Gasteiger partial charge is 0.295 e. The Morgan fingerprint density at radius 3 is 2.67 bits per heavy atom. The summed E-state index contributed by atoms with van der Waals surface area (Å²) in [6.07, 6.45) is 0. The summed E-state index contributed by atoms with van der Waals surface area (Å²) >= 11 is 3.01. The molecule has 0 atom stereocenters. The molecule has 0 heterocycles. The van der Waals surface area contributed by atoms with Gasteiger partial charge in [0.05, 0.1) is 15.5 Å². The van der Waals surface area contributed by atoms with Gasteiger partial charge in [0.2, 0.25) is 0 Å². The van der Waals surface area contributed by atoms with Gasteiger partial charge in [0.25, 0.3) is 5.69 Å². The summed E-state index contributed by atoms with van der Waals surface area (Å²) in [5, 5.41) is 13.8. The molecule has 0 aliphatic heterocycles. The minimum absolute atomic E-state index is 0.166. The molecule has 2 aromatic rings. The summed E-state index contributed by atoms with van der Waals surface area (Å²) in [5.74, 6) is 0.0434. The van der Waals surface area contributed by atoms with Crippen LogP contribution in [-0.4, -0.2) is 18.1 Å². The molecule has 0 aliphatic rings. The predicted octanol–water partition coefficient (Wildman–Crippen LogP) is 3.99. The van der Waals surface area contributed by atoms with E-state index in [-0.39, 0.29) is 15.8 Å². The van der Waals surface area contributed by atoms with Gasteiger partial charge in [0, 0.05) is 6.54 Å². The zero-order valence-corrected chi connectivity index (χ0v) is 12.5. The number of rotatable bonds is 6. The molecular weight excluding hydrogens is 343 g/mol. The van der Waals surface area contributed by atoms with E-state index in [4.69, 9.17) is 4.74 Å². The first-order valence-electron chi connectivity index (χ1n) is 6.13. The maximum Gasteiger partial charge on any atom is 0.295 e. The van der Waals surface area contributed by atoms with Gasteiger partial charge in [-0.05, 0) is 34.1 Å². The number of hydrogen-bond acceptors (Lipinski definition) is 4. The van der Waals surface area contributed by atoms with Crippen LogP contribution in [-0.2, 0) is 0 Å². The van der Waals surface area contributed by atoms with E-state index in [1.165, 1.54) is 6.07 Å². The lowest BCUT2D eigenvalue weighted by Gasteiger charge is -2.09. The topological polar surface area (TPSA) is 64.4 Å². The SMILES string of the molecule is O=[N+]([O-])c1cc(F)c(Br)cc1NCCOc1ccccc1. The highest BCUT2D eigenvalue weighted by molar-refractivity contribution is 9.10. The Labute approximate surface area is 129 Å². The second kappa shape index (κ2) is 7.03. The Bertz CT molecular complexity index is 638. The summed E-state index contributed by atoms with van der Waals surface area (Å²) in [4.78, 5) is 10.3. The van der Waals surface area contributed by atoms with Crippen LogP contribution in [0.4, 0.5) is 15.8 Å². The van der Waals surface area contributed by atoms with Crippen molar-refractivity contribution < 1.29 is 14.1 Å². The predicted molar refractivity (Wildman–Crippen MR) is 81.2 cm³/mol. The molecule has 0 spiro atoms. The lowest BCUT2D eigenvalue weighted by Crippen LogP contribution is -2.12. The van der Waals surface area contributed by atoms with E-state index in [2.05, 4.69) is 21.2 Å². The van der Waals surface area contributed by atoms with E-state index < -0.39 is 10.7 Å². The van der Waals surface area contributed by atoms with Crippen LogP contribution in [0.1, 0.15) is 0 Å². The zero-order chi connectivity index (χ0) is 15.2. The summed E-state index contributed by atoms with van der Waals surface area (Å²) in [6.45, 7) is 0.684. The molecule has 110 valence electrons. The maximum absolute atomic E-state index is 13.3. The lowest BCUT2D eigenvalue weighted by atomic mass is 10.2. The van der Waals surface area contributed by atoms with Crippen molar-refractivity contribution in [2.45, 2.75) is 0 Å². The number of halogens is 2. The molecule has 21 heavy (non-hydrogen) atoms. The molecule has 0 amide bonds. The number of hydrogen-bond donors (Lipinski definition) is 1. The number of para-hydroxylation sites is 1. The number of anilines is 1. The maximum atomic E-state index is 13.3. The Morgan fingerprint density at radius 2 is 2.00 bits per heavy atom. The van der Waals surface area contributed by atoms with Crippen molar-refractivity contribution in [3.8, 4) is 5.75 Å². The van der Waals surface area contributed by atoms with Gasteiger partial charge in [-0.3, -0.25) is 10.1 Å². The standard InChI is InChI=1S/C14H12BrFN2O3/c15-11-8-13(14(18(19)20)9-12(11)16)17-6-7-21-10-4-2-1-3-5-10/h1-5,8-9,17H,6-7H2. The summed E-state index contributed by atoms with van der Waals surface area (Å²) in [6, 6.07) is 11.4. The first-order valence-corrected chi connectivity index (χ1v) is 6.92. The number of nitrogens with zero attached hydrogens (tertiary/aromatic N) is 1. The van der Waals surface area contributed by atoms with Gasteiger partial charge >= 0.3 is 0 Å². The highest BCUT2D eigenvalue weighted by atomic mass is 79.9. The number of nitro groups is 1. The van der Waals surface area contributed by atoms with Crippen molar-refractivity contribution in [2.75, 3.05) is 18.5 Å². The molecule has 0 radical (unpaired) electrons. The number of nitro benzene ring substituents is 1. The van der Waals surface area contributed by atoms with Gasteiger partial charge in [0.1, 0.15) is 23.9 Å². The highest BCUT2D eigenvalue weighted by Crippen LogP contribution is 2.30. The van der Waals surface area contributed by atoms with Crippen molar-refractivity contribution in [1.29, 1.82) is 0 Å². The second-order valence-corrected chi connectivity index (χ2v) is 4.98. The molecule has 0 fully saturated rings. The first-order chi connectivity index (χ1) is 10.1. The molecule has 7 heteroatoms. The van der Waals surface area contributed by atoms with Crippen molar-refractivity contribution in [3.63, 3.8) is 0 Å². The number of ether oxygens (including phenoxy) is 1. The summed E-state index contributed by atoms with van der Waals surface area (Å²) in [7, 11) is 0. The minimum Gasteiger partial charge on any atom is -0.492 e. The largest absolute Gasteiger partial charge is 0.492 e. The monoisotopic (exact) mass is 354 g/mol. The van der Waals surface area contributed by atoms with Crippen LogP contribution in [0.15, 0.2) is 46.9 Å². The van der Waals surface area contributed by atoms with E-state index >= 15 is 0 Å². The molecule has 1 N–H and O–H groups in total. The first kappa shape index (κ1) is 15.2. The molecule has 0 saturated carbocycles. The molecule has 0 saturated heterocycles. The average molecular weight is 355 g/mol. The van der Waals surface area contributed by atoms with Crippen molar-refractivity contribution in [1.82, 2.24) is 0 Å². The molecular formula is C14H12BrFN2O3. The van der Waals surface area contributed by atoms with Gasteiger partial charge < -0.3 is 10.1 Å². The quantitative estimate of drug-likeness (QED) is 0.484. The Morgan fingerprint density at radius 1 is 1.29 bits per heavy atom. The Hall–Kier alpha value is -2.15. The Kier molecular flexibility index (Phi) is 5.10. The van der Waals surface area contributed by atoms with E-state index in [0.29, 0.717) is 18.9 Å². The van der Waals surface area contributed by atoms with E-state index in [1.54, 1.807) is 0 Å². The van der Waals surface area contributed by atoms with Crippen LogP contribution in [0, 0.1) is 15.9 Å². The molecule has 0 aromatic heterocycles. The van der Waals surface area contributed by atoms with Crippen molar-refractivity contribution in [2.24, 2.45) is 0 Å². The molecule has 2 aromatic carbocycles. The van der Waals surface area contributed by atoms with Crippen molar-refractivity contribution >= 4 is 27.3 Å². The van der Waals surface area contributed by atoms with Gasteiger partial charge in [-0.25, -0.2) is 4.39 Å². The van der Waals surface area contributed by atoms with Crippen LogP contribution in [0.5, 0.6) is 5.75 Å². The third kappa shape index (κ3) is 4.16. The normalized spacial score (nSPS) is 10.2. The third-order valence-corrected chi connectivity index (χ3v) is 3.27. The van der Waals surface area contributed by atoms with Crippen molar-refractivity contribution in [3.05, 3.63) is 62.9 Å². The van der Waals surface area contributed by atoms with Gasteiger partial charge in [-0.2, -0.15) is 0 Å². The third-order valence-electron chi connectivity index (χ3n) is 2.66. The molecule has 2 rings (SSSR count). The summed E-state index contributed by atoms with van der Waals surface area (Å²) < 4.78 is 19.0. The number of nitrogens with one attached hydrogen (secondary N) is 1. The minimum atomic E-state index is -0.673. The Balaban J connectivity index is 1.96. The average Bonchev–Trinajstić information content (AvgIpc) is 2.47. The second-order valence-electron chi connectivity index (χ2n) is 4.13. The van der Waals surface area contributed by atoms with Crippen LogP contribution >= 0.6 is 15.9 Å². The fourth-order valence-electron chi connectivity index (χ4n) is 1.70. The van der Waals surface area contributed by atoms with Gasteiger partial charge in [-0.1, -0.05) is 18.2 Å². The fourth-order valence-corrected chi connectivity index (χ4v) is 2.04. The number of benzene rings is 2. The highest BCUT2D eigenvalue weighted by Gasteiger charge is 2.17. The van der Waals surface area contributed by atoms with Crippen LogP contribution < -0.4 is 10.1 Å². The van der Waals surface area contributed by atoms with E-state index in [1.807, 2.05) is 30.3 Å². The van der Waals surface area contributed by atoms with E-state index in [0.717, 1.165) is 6.07 Å². The molecule has 0 aliphatic carbocycles. The van der Waals surface area contributed by atoms with Crippen LogP contribution in [0.25, 0.3) is 0 Å². The molecule has 5 nitrogen and oxygen atoms in total.